The molecule has 1 rings (SSSR count). The first-order valence-electron chi connectivity index (χ1n) is 3.74. The zero-order valence-corrected chi connectivity index (χ0v) is 9.80. The number of carbonyl (C=O) groups excluding carboxylic acids is 2. The second kappa shape index (κ2) is 6.29. The van der Waals surface area contributed by atoms with Gasteiger partial charge in [-0.25, -0.2) is 0 Å². The second-order valence-corrected chi connectivity index (χ2v) is 4.81. The Morgan fingerprint density at radius 1 is 1.12 bits per heavy atom. The summed E-state index contributed by atoms with van der Waals surface area (Å²) in [6.07, 6.45) is 0. The van der Waals surface area contributed by atoms with E-state index in [9.17, 15) is 18.0 Å². The first-order chi connectivity index (χ1) is 7.23. The number of carbonyl (C=O) groups is 2. The minimum absolute atomic E-state index is 0. The summed E-state index contributed by atoms with van der Waals surface area (Å²) in [6, 6.07) is 2.90. The minimum atomic E-state index is -4.65. The van der Waals surface area contributed by atoms with Gasteiger partial charge in [0.1, 0.15) is 4.90 Å². The van der Waals surface area contributed by atoms with Crippen LogP contribution in [0.1, 0.15) is 20.7 Å². The van der Waals surface area contributed by atoms with Crippen molar-refractivity contribution in [2.45, 2.75) is 4.90 Å². The molecule has 88 valence electrons. The Morgan fingerprint density at radius 3 is 2.00 bits per heavy atom. The molecule has 0 saturated heterocycles. The van der Waals surface area contributed by atoms with E-state index in [4.69, 9.17) is 27.8 Å². The van der Waals surface area contributed by atoms with E-state index in [-0.39, 0.29) is 35.1 Å². The van der Waals surface area contributed by atoms with Gasteiger partial charge in [0.2, 0.25) is 0 Å². The summed E-state index contributed by atoms with van der Waals surface area (Å²) in [6.45, 7) is 0. The van der Waals surface area contributed by atoms with Crippen molar-refractivity contribution in [1.82, 2.24) is 0 Å². The molecule has 0 atom stereocenters. The molecular formula is C8H5Cl2NaO5S. The van der Waals surface area contributed by atoms with Crippen molar-refractivity contribution in [3.63, 3.8) is 0 Å². The number of rotatable bonds is 3. The van der Waals surface area contributed by atoms with Crippen LogP contribution in [0.5, 0.6) is 0 Å². The van der Waals surface area contributed by atoms with E-state index in [0.717, 1.165) is 18.2 Å². The zero-order valence-electron chi connectivity index (χ0n) is 7.48. The predicted molar refractivity (Wildman–Crippen MR) is 63.8 cm³/mol. The fraction of sp³-hybridized carbons (Fsp3) is 0. The van der Waals surface area contributed by atoms with Crippen molar-refractivity contribution in [3.05, 3.63) is 29.3 Å². The Hall–Kier alpha value is 0.0500. The Bertz CT molecular complexity index is 569. The van der Waals surface area contributed by atoms with Gasteiger partial charge in [0.15, 0.2) is 0 Å². The molecule has 5 nitrogen and oxygen atoms in total. The van der Waals surface area contributed by atoms with Crippen LogP contribution < -0.4 is 0 Å². The molecule has 0 spiro atoms. The summed E-state index contributed by atoms with van der Waals surface area (Å²) >= 11 is 10.2. The second-order valence-electron chi connectivity index (χ2n) is 2.73. The van der Waals surface area contributed by atoms with Crippen LogP contribution in [0.2, 0.25) is 0 Å². The van der Waals surface area contributed by atoms with E-state index in [1.54, 1.807) is 0 Å². The van der Waals surface area contributed by atoms with Crippen molar-refractivity contribution in [1.29, 1.82) is 0 Å². The average Bonchev–Trinajstić information content (AvgIpc) is 2.15. The molecule has 1 aromatic carbocycles. The van der Waals surface area contributed by atoms with Crippen LogP contribution in [0.4, 0.5) is 0 Å². The third-order valence-corrected chi connectivity index (χ3v) is 3.01. The molecule has 17 heavy (non-hydrogen) atoms. The summed E-state index contributed by atoms with van der Waals surface area (Å²) in [4.78, 5) is 20.9. The first kappa shape index (κ1) is 17.1. The molecule has 0 radical (unpaired) electrons. The molecule has 1 N–H and O–H groups in total. The summed E-state index contributed by atoms with van der Waals surface area (Å²) in [7, 11) is -4.65. The molecule has 0 amide bonds. The Kier molecular flexibility index (Phi) is 6.30. The van der Waals surface area contributed by atoms with Crippen LogP contribution in [0.3, 0.4) is 0 Å². The van der Waals surface area contributed by atoms with E-state index in [0.29, 0.717) is 0 Å². The maximum absolute atomic E-state index is 10.9. The van der Waals surface area contributed by atoms with Gasteiger partial charge in [0, 0.05) is 5.56 Å². The molecule has 0 heterocycles. The van der Waals surface area contributed by atoms with E-state index in [1.165, 1.54) is 0 Å². The number of hydrogen-bond acceptors (Lipinski definition) is 4. The number of hydrogen-bond donors (Lipinski definition) is 1. The number of halogens is 2. The summed E-state index contributed by atoms with van der Waals surface area (Å²) in [5, 5.41) is -1.99. The van der Waals surface area contributed by atoms with Crippen LogP contribution in [0.15, 0.2) is 23.1 Å². The first-order valence-corrected chi connectivity index (χ1v) is 5.94. The fourth-order valence-corrected chi connectivity index (χ4v) is 2.07. The molecule has 0 fully saturated rings. The molecule has 1 aromatic rings. The molecule has 0 unspecified atom stereocenters. The molecule has 0 aliphatic carbocycles. The fourth-order valence-electron chi connectivity index (χ4n) is 1.02. The van der Waals surface area contributed by atoms with Crippen molar-refractivity contribution < 1.29 is 22.6 Å². The van der Waals surface area contributed by atoms with E-state index < -0.39 is 31.1 Å². The van der Waals surface area contributed by atoms with Gasteiger partial charge in [0.05, 0.1) is 5.56 Å². The van der Waals surface area contributed by atoms with Crippen LogP contribution >= 0.6 is 23.2 Å². The summed E-state index contributed by atoms with van der Waals surface area (Å²) in [5.74, 6) is 0. The Morgan fingerprint density at radius 2 is 1.65 bits per heavy atom. The third-order valence-electron chi connectivity index (χ3n) is 1.70. The summed E-state index contributed by atoms with van der Waals surface area (Å²) < 4.78 is 30.7. The van der Waals surface area contributed by atoms with E-state index in [2.05, 4.69) is 0 Å². The van der Waals surface area contributed by atoms with Crippen molar-refractivity contribution in [3.8, 4) is 0 Å². The van der Waals surface area contributed by atoms with Gasteiger partial charge in [-0.1, -0.05) is 0 Å². The summed E-state index contributed by atoms with van der Waals surface area (Å²) in [5.41, 5.74) is -0.596. The maximum atomic E-state index is 10.9. The molecular weight excluding hydrogens is 302 g/mol. The van der Waals surface area contributed by atoms with Gasteiger partial charge in [-0.05, 0) is 41.4 Å². The van der Waals surface area contributed by atoms with Crippen LogP contribution in [0.25, 0.3) is 0 Å². The quantitative estimate of drug-likeness (QED) is 0.512. The molecule has 0 saturated carbocycles. The Balaban J connectivity index is 0.00000256. The van der Waals surface area contributed by atoms with Crippen LogP contribution in [0, 0.1) is 0 Å². The van der Waals surface area contributed by atoms with Crippen molar-refractivity contribution in [2.24, 2.45) is 0 Å². The third kappa shape index (κ3) is 4.33. The van der Waals surface area contributed by atoms with E-state index >= 15 is 0 Å². The van der Waals surface area contributed by atoms with Gasteiger partial charge in [-0.15, -0.1) is 0 Å². The molecule has 0 aliphatic rings. The predicted octanol–water partition coefficient (Wildman–Crippen LogP) is 1.04. The van der Waals surface area contributed by atoms with Gasteiger partial charge >= 0.3 is 29.6 Å². The van der Waals surface area contributed by atoms with Crippen molar-refractivity contribution >= 4 is 73.4 Å². The normalized spacial score (nSPS) is 10.5. The van der Waals surface area contributed by atoms with Gasteiger partial charge in [0.25, 0.3) is 20.6 Å². The average molecular weight is 307 g/mol. The Labute approximate surface area is 129 Å². The molecule has 9 heteroatoms. The molecule has 0 aliphatic heterocycles. The molecule has 0 aromatic heterocycles. The topological polar surface area (TPSA) is 88.5 Å². The van der Waals surface area contributed by atoms with Gasteiger partial charge in [-0.3, -0.25) is 14.1 Å². The SMILES string of the molecule is O=C(Cl)c1ccc(C(=O)Cl)c(S(=O)(=O)O)c1.[NaH]. The van der Waals surface area contributed by atoms with E-state index in [1.807, 2.05) is 0 Å². The van der Waals surface area contributed by atoms with Gasteiger partial charge in [-0.2, -0.15) is 8.42 Å². The van der Waals surface area contributed by atoms with Gasteiger partial charge < -0.3 is 0 Å². The van der Waals surface area contributed by atoms with Crippen LogP contribution in [-0.4, -0.2) is 53.0 Å². The monoisotopic (exact) mass is 306 g/mol. The zero-order chi connectivity index (χ0) is 12.5. The standard InChI is InChI=1S/C8H4Cl2O5S.Na.H/c9-7(11)4-1-2-5(8(10)12)6(3-4)16(13,14)15;;/h1-3H,(H,13,14,15);;. The number of benzene rings is 1. The molecule has 0 bridgehead atoms. The van der Waals surface area contributed by atoms with Crippen molar-refractivity contribution in [2.75, 3.05) is 0 Å². The van der Waals surface area contributed by atoms with Crippen LogP contribution in [-0.2, 0) is 10.1 Å².